The van der Waals surface area contributed by atoms with E-state index in [0.29, 0.717) is 36.8 Å². The fourth-order valence-electron chi connectivity index (χ4n) is 4.51. The first-order valence-electron chi connectivity index (χ1n) is 12.8. The van der Waals surface area contributed by atoms with Gasteiger partial charge in [-0.05, 0) is 54.1 Å². The second-order valence-electron chi connectivity index (χ2n) is 9.35. The van der Waals surface area contributed by atoms with Crippen molar-refractivity contribution in [3.05, 3.63) is 118 Å². The lowest BCUT2D eigenvalue weighted by Gasteiger charge is -2.18. The zero-order valence-electron chi connectivity index (χ0n) is 22.3. The molecular weight excluding hydrogens is 511 g/mol. The van der Waals surface area contributed by atoms with Crippen LogP contribution in [-0.4, -0.2) is 43.9 Å². The zero-order valence-corrected chi connectivity index (χ0v) is 22.3. The monoisotopic (exact) mass is 540 g/mol. The lowest BCUT2D eigenvalue weighted by Crippen LogP contribution is -2.40. The number of aromatic nitrogens is 5. The van der Waals surface area contributed by atoms with Crippen LogP contribution in [0.2, 0.25) is 0 Å². The Morgan fingerprint density at radius 1 is 1.02 bits per heavy atom. The van der Waals surface area contributed by atoms with Crippen molar-refractivity contribution in [2.45, 2.75) is 13.1 Å². The average Bonchev–Trinajstić information content (AvgIpc) is 3.35. The first kappa shape index (κ1) is 26.6. The molecule has 3 aromatic heterocycles. The molecule has 40 heavy (non-hydrogen) atoms. The van der Waals surface area contributed by atoms with Gasteiger partial charge in [0.25, 0.3) is 5.56 Å². The van der Waals surface area contributed by atoms with Crippen molar-refractivity contribution in [3.63, 3.8) is 0 Å². The van der Waals surface area contributed by atoms with E-state index in [1.54, 1.807) is 36.0 Å². The number of hydrogen-bond acceptors (Lipinski definition) is 6. The van der Waals surface area contributed by atoms with Crippen molar-refractivity contribution >= 4 is 17.0 Å². The largest absolute Gasteiger partial charge is 0.492 e. The summed E-state index contributed by atoms with van der Waals surface area (Å²) in [5.74, 6) is 1.71. The van der Waals surface area contributed by atoms with Gasteiger partial charge >= 0.3 is 5.69 Å². The summed E-state index contributed by atoms with van der Waals surface area (Å²) in [6.45, 7) is 5.29. The number of imidazole rings is 1. The molecular formula is C30H29FN6O3. The van der Waals surface area contributed by atoms with Crippen LogP contribution < -0.4 is 20.9 Å². The molecule has 0 atom stereocenters. The van der Waals surface area contributed by atoms with Crippen LogP contribution in [0, 0.1) is 5.82 Å². The van der Waals surface area contributed by atoms with Gasteiger partial charge in [0.15, 0.2) is 11.2 Å². The van der Waals surface area contributed by atoms with Gasteiger partial charge in [0.05, 0.1) is 13.1 Å². The minimum atomic E-state index is -0.504. The molecule has 0 amide bonds. The van der Waals surface area contributed by atoms with E-state index in [9.17, 15) is 14.0 Å². The third-order valence-electron chi connectivity index (χ3n) is 6.65. The van der Waals surface area contributed by atoms with E-state index >= 15 is 0 Å². The molecule has 9 nitrogen and oxygen atoms in total. The normalized spacial score (nSPS) is 11.1. The van der Waals surface area contributed by atoms with Gasteiger partial charge in [-0.1, -0.05) is 24.3 Å². The number of aryl methyl sites for hydroxylation is 1. The number of fused-ring (bicyclic) bond motifs is 1. The predicted molar refractivity (Wildman–Crippen MR) is 153 cm³/mol. The fourth-order valence-corrected chi connectivity index (χ4v) is 4.51. The quantitative estimate of drug-likeness (QED) is 0.250. The van der Waals surface area contributed by atoms with Crippen LogP contribution in [0.3, 0.4) is 0 Å². The Hall–Kier alpha value is -4.99. The van der Waals surface area contributed by atoms with E-state index < -0.39 is 11.2 Å². The average molecular weight is 541 g/mol. The van der Waals surface area contributed by atoms with Gasteiger partial charge in [0.2, 0.25) is 0 Å². The summed E-state index contributed by atoms with van der Waals surface area (Å²) in [5.41, 5.74) is 0.984. The summed E-state index contributed by atoms with van der Waals surface area (Å²) < 4.78 is 23.5. The molecule has 0 saturated heterocycles. The van der Waals surface area contributed by atoms with Crippen LogP contribution in [0.25, 0.3) is 22.6 Å². The second kappa shape index (κ2) is 11.4. The molecule has 0 aliphatic carbocycles. The minimum Gasteiger partial charge on any atom is -0.492 e. The molecule has 0 aliphatic heterocycles. The first-order chi connectivity index (χ1) is 19.4. The molecule has 5 rings (SSSR count). The highest BCUT2D eigenvalue weighted by Gasteiger charge is 2.21. The summed E-state index contributed by atoms with van der Waals surface area (Å²) in [6, 6.07) is 18.9. The maximum atomic E-state index is 13.6. The molecule has 0 fully saturated rings. The van der Waals surface area contributed by atoms with Crippen LogP contribution in [0.1, 0.15) is 5.56 Å². The van der Waals surface area contributed by atoms with E-state index in [2.05, 4.69) is 11.6 Å². The number of rotatable bonds is 10. The van der Waals surface area contributed by atoms with Crippen LogP contribution >= 0.6 is 0 Å². The number of benzene rings is 2. The van der Waals surface area contributed by atoms with Gasteiger partial charge < -0.3 is 14.2 Å². The topological polar surface area (TPSA) is 87.2 Å². The van der Waals surface area contributed by atoms with Gasteiger partial charge in [0, 0.05) is 32.4 Å². The van der Waals surface area contributed by atoms with Crippen molar-refractivity contribution in [2.75, 3.05) is 25.1 Å². The fraction of sp³-hybridized carbons (Fsp3) is 0.200. The second-order valence-corrected chi connectivity index (χ2v) is 9.35. The molecule has 0 unspecified atom stereocenters. The molecule has 2 aromatic carbocycles. The molecule has 0 spiro atoms. The molecule has 0 radical (unpaired) electrons. The van der Waals surface area contributed by atoms with Crippen LogP contribution in [0.4, 0.5) is 10.2 Å². The van der Waals surface area contributed by atoms with Crippen molar-refractivity contribution in [3.8, 4) is 17.1 Å². The maximum Gasteiger partial charge on any atom is 0.332 e. The van der Waals surface area contributed by atoms with E-state index in [1.807, 2.05) is 54.4 Å². The number of hydrogen-bond donors (Lipinski definition) is 0. The summed E-state index contributed by atoms with van der Waals surface area (Å²) >= 11 is 0. The Morgan fingerprint density at radius 2 is 1.77 bits per heavy atom. The predicted octanol–water partition coefficient (Wildman–Crippen LogP) is 3.85. The highest BCUT2D eigenvalue weighted by atomic mass is 19.1. The minimum absolute atomic E-state index is 0.0118. The Balaban J connectivity index is 1.43. The van der Waals surface area contributed by atoms with Gasteiger partial charge in [-0.15, -0.1) is 6.58 Å². The van der Waals surface area contributed by atoms with Crippen molar-refractivity contribution < 1.29 is 9.13 Å². The molecule has 0 bridgehead atoms. The van der Waals surface area contributed by atoms with Crippen molar-refractivity contribution in [1.29, 1.82) is 0 Å². The Bertz CT molecular complexity index is 1760. The molecule has 5 aromatic rings. The number of nitrogens with zero attached hydrogens (tertiary/aromatic N) is 6. The highest BCUT2D eigenvalue weighted by Crippen LogP contribution is 2.25. The summed E-state index contributed by atoms with van der Waals surface area (Å²) in [5, 5.41) is 0. The van der Waals surface area contributed by atoms with E-state index in [1.165, 1.54) is 16.7 Å². The number of halogens is 1. The lowest BCUT2D eigenvalue weighted by atomic mass is 10.2. The van der Waals surface area contributed by atoms with Crippen molar-refractivity contribution in [2.24, 2.45) is 7.05 Å². The lowest BCUT2D eigenvalue weighted by molar-refractivity contribution is 0.325. The maximum absolute atomic E-state index is 13.6. The van der Waals surface area contributed by atoms with Crippen LogP contribution in [-0.2, 0) is 20.1 Å². The molecule has 0 aliphatic rings. The first-order valence-corrected chi connectivity index (χ1v) is 12.8. The van der Waals surface area contributed by atoms with E-state index in [0.717, 1.165) is 15.9 Å². The van der Waals surface area contributed by atoms with Crippen LogP contribution in [0.15, 0.2) is 95.2 Å². The van der Waals surface area contributed by atoms with Gasteiger partial charge in [-0.3, -0.25) is 13.9 Å². The van der Waals surface area contributed by atoms with E-state index in [-0.39, 0.29) is 23.5 Å². The molecule has 3 heterocycles. The zero-order chi connectivity index (χ0) is 28.2. The third kappa shape index (κ3) is 5.28. The van der Waals surface area contributed by atoms with Crippen molar-refractivity contribution in [1.82, 2.24) is 23.7 Å². The summed E-state index contributed by atoms with van der Waals surface area (Å²) in [7, 11) is 3.54. The van der Waals surface area contributed by atoms with Gasteiger partial charge in [-0.25, -0.2) is 19.2 Å². The smallest absolute Gasteiger partial charge is 0.332 e. The summed E-state index contributed by atoms with van der Waals surface area (Å²) in [4.78, 5) is 37.8. The Labute approximate surface area is 230 Å². The van der Waals surface area contributed by atoms with Gasteiger partial charge in [-0.2, -0.15) is 0 Å². The van der Waals surface area contributed by atoms with Crippen LogP contribution in [0.5, 0.6) is 5.75 Å². The number of pyridine rings is 1. The molecule has 10 heteroatoms. The Kier molecular flexibility index (Phi) is 7.59. The standard InChI is InChI=1S/C30H29FN6O3/c1-4-17-36-26-28(35(3)30(39)37(29(26)38)20-21-8-12-23(31)13-9-21)33-27(36)22-10-14-24(15-11-22)40-19-18-34(2)25-7-5-6-16-32-25/h4-16H,1,17-20H2,2-3H3. The number of likely N-dealkylation sites (N-methyl/N-ethyl adjacent to an activating group) is 1. The van der Waals surface area contributed by atoms with Gasteiger partial charge in [0.1, 0.15) is 29.8 Å². The third-order valence-corrected chi connectivity index (χ3v) is 6.65. The number of allylic oxidation sites excluding steroid dienone is 1. The van der Waals surface area contributed by atoms with E-state index in [4.69, 9.17) is 9.72 Å². The molecule has 0 N–H and O–H groups in total. The highest BCUT2D eigenvalue weighted by molar-refractivity contribution is 5.77. The Morgan fingerprint density at radius 3 is 2.45 bits per heavy atom. The number of ether oxygens (including phenoxy) is 1. The summed E-state index contributed by atoms with van der Waals surface area (Å²) in [6.07, 6.45) is 3.43. The molecule has 204 valence electrons. The number of anilines is 1. The molecule has 0 saturated carbocycles. The SMILES string of the molecule is C=CCn1c(-c2ccc(OCCN(C)c3ccccn3)cc2)nc2c1c(=O)n(Cc1ccc(F)cc1)c(=O)n2C.